The lowest BCUT2D eigenvalue weighted by molar-refractivity contribution is -0.118. The third-order valence-corrected chi connectivity index (χ3v) is 4.84. The summed E-state index contributed by atoms with van der Waals surface area (Å²) in [5, 5.41) is 6.18. The number of hydrogen-bond acceptors (Lipinski definition) is 5. The van der Waals surface area contributed by atoms with Crippen molar-refractivity contribution in [2.45, 2.75) is 6.92 Å². The number of hydrogen-bond donors (Lipinski definition) is 2. The first-order valence-electron chi connectivity index (χ1n) is 9.72. The first kappa shape index (κ1) is 23.0. The second-order valence-electron chi connectivity index (χ2n) is 6.84. The van der Waals surface area contributed by atoms with Gasteiger partial charge in [-0.3, -0.25) is 9.59 Å². The van der Waals surface area contributed by atoms with Crippen LogP contribution in [0.5, 0.6) is 17.2 Å². The van der Waals surface area contributed by atoms with Gasteiger partial charge in [0, 0.05) is 22.3 Å². The van der Waals surface area contributed by atoms with Crippen LogP contribution in [0, 0.1) is 6.92 Å². The molecule has 0 radical (unpaired) electrons. The Balaban J connectivity index is 1.56. The third-order valence-electron chi connectivity index (χ3n) is 4.60. The first-order chi connectivity index (χ1) is 15.4. The SMILES string of the molecule is COc1ccc(OC)c(NC(=O)COc2ccc(C(=O)Nc3ccc(Cl)cc3C)cc2)c1. The van der Waals surface area contributed by atoms with Crippen molar-refractivity contribution >= 4 is 34.8 Å². The van der Waals surface area contributed by atoms with E-state index in [9.17, 15) is 9.59 Å². The Bertz CT molecular complexity index is 1120. The lowest BCUT2D eigenvalue weighted by Crippen LogP contribution is -2.20. The Kier molecular flexibility index (Phi) is 7.57. The van der Waals surface area contributed by atoms with E-state index in [1.807, 2.05) is 6.92 Å². The number of ether oxygens (including phenoxy) is 3. The number of nitrogens with one attached hydrogen (secondary N) is 2. The van der Waals surface area contributed by atoms with Crippen LogP contribution in [0.15, 0.2) is 60.7 Å². The molecule has 32 heavy (non-hydrogen) atoms. The number of carbonyl (C=O) groups is 2. The van der Waals surface area contributed by atoms with Gasteiger partial charge >= 0.3 is 0 Å². The molecule has 166 valence electrons. The molecule has 0 saturated carbocycles. The summed E-state index contributed by atoms with van der Waals surface area (Å²) < 4.78 is 15.9. The Morgan fingerprint density at radius 2 is 1.56 bits per heavy atom. The van der Waals surface area contributed by atoms with E-state index in [0.29, 0.717) is 39.2 Å². The Morgan fingerprint density at radius 3 is 2.22 bits per heavy atom. The van der Waals surface area contributed by atoms with E-state index in [4.69, 9.17) is 25.8 Å². The quantitative estimate of drug-likeness (QED) is 0.503. The zero-order valence-electron chi connectivity index (χ0n) is 17.9. The molecular formula is C24H23ClN2O5. The first-order valence-corrected chi connectivity index (χ1v) is 10.1. The number of rotatable bonds is 8. The van der Waals surface area contributed by atoms with Gasteiger partial charge in [0.15, 0.2) is 6.61 Å². The monoisotopic (exact) mass is 454 g/mol. The van der Waals surface area contributed by atoms with Crippen molar-refractivity contribution in [3.05, 3.63) is 76.8 Å². The molecule has 0 bridgehead atoms. The van der Waals surface area contributed by atoms with Crippen LogP contribution in [0.25, 0.3) is 0 Å². The van der Waals surface area contributed by atoms with Crippen LogP contribution in [0.2, 0.25) is 5.02 Å². The molecule has 0 saturated heterocycles. The maximum Gasteiger partial charge on any atom is 0.262 e. The molecule has 0 unspecified atom stereocenters. The summed E-state index contributed by atoms with van der Waals surface area (Å²) in [4.78, 5) is 24.8. The Hall–Kier alpha value is -3.71. The van der Waals surface area contributed by atoms with Crippen LogP contribution in [0.3, 0.4) is 0 Å². The Morgan fingerprint density at radius 1 is 0.844 bits per heavy atom. The minimum atomic E-state index is -0.364. The summed E-state index contributed by atoms with van der Waals surface area (Å²) in [6.45, 7) is 1.65. The van der Waals surface area contributed by atoms with Crippen LogP contribution in [0.1, 0.15) is 15.9 Å². The van der Waals surface area contributed by atoms with E-state index >= 15 is 0 Å². The molecule has 0 aliphatic rings. The van der Waals surface area contributed by atoms with Gasteiger partial charge < -0.3 is 24.8 Å². The average Bonchev–Trinajstić information content (AvgIpc) is 2.79. The largest absolute Gasteiger partial charge is 0.497 e. The van der Waals surface area contributed by atoms with Gasteiger partial charge in [-0.1, -0.05) is 11.6 Å². The van der Waals surface area contributed by atoms with Crippen LogP contribution >= 0.6 is 11.6 Å². The number of halogens is 1. The standard InChI is InChI=1S/C24H23ClN2O5/c1-15-12-17(25)6-10-20(15)27-24(29)16-4-7-18(8-5-16)32-14-23(28)26-21-13-19(30-2)9-11-22(21)31-3/h4-13H,14H2,1-3H3,(H,26,28)(H,27,29). The van der Waals surface area contributed by atoms with Crippen molar-refractivity contribution in [1.82, 2.24) is 0 Å². The molecule has 3 aromatic rings. The molecule has 0 heterocycles. The minimum absolute atomic E-state index is 0.212. The van der Waals surface area contributed by atoms with Gasteiger partial charge in [-0.05, 0) is 67.1 Å². The smallest absolute Gasteiger partial charge is 0.262 e. The maximum absolute atomic E-state index is 12.5. The van der Waals surface area contributed by atoms with Crippen molar-refractivity contribution in [3.8, 4) is 17.2 Å². The number of benzene rings is 3. The fraction of sp³-hybridized carbons (Fsp3) is 0.167. The number of aryl methyl sites for hydroxylation is 1. The van der Waals surface area contributed by atoms with Crippen molar-refractivity contribution in [1.29, 1.82) is 0 Å². The van der Waals surface area contributed by atoms with E-state index in [1.54, 1.807) is 60.7 Å². The summed E-state index contributed by atoms with van der Waals surface area (Å²) in [6.07, 6.45) is 0. The molecule has 0 fully saturated rings. The second-order valence-corrected chi connectivity index (χ2v) is 7.28. The fourth-order valence-electron chi connectivity index (χ4n) is 2.91. The lowest BCUT2D eigenvalue weighted by Gasteiger charge is -2.12. The second kappa shape index (κ2) is 10.5. The number of methoxy groups -OCH3 is 2. The van der Waals surface area contributed by atoms with Crippen molar-refractivity contribution in [2.75, 3.05) is 31.5 Å². The van der Waals surface area contributed by atoms with Crippen molar-refractivity contribution in [2.24, 2.45) is 0 Å². The predicted molar refractivity (Wildman–Crippen MR) is 124 cm³/mol. The van der Waals surface area contributed by atoms with Gasteiger partial charge in [0.2, 0.25) is 0 Å². The van der Waals surface area contributed by atoms with E-state index in [0.717, 1.165) is 5.56 Å². The lowest BCUT2D eigenvalue weighted by atomic mass is 10.1. The highest BCUT2D eigenvalue weighted by atomic mass is 35.5. The molecule has 0 aliphatic heterocycles. The summed E-state index contributed by atoms with van der Waals surface area (Å²) in [5.74, 6) is 0.925. The van der Waals surface area contributed by atoms with Gasteiger partial charge in [0.05, 0.1) is 19.9 Å². The van der Waals surface area contributed by atoms with Crippen molar-refractivity contribution in [3.63, 3.8) is 0 Å². The van der Waals surface area contributed by atoms with E-state index in [-0.39, 0.29) is 18.4 Å². The molecule has 3 rings (SSSR count). The molecular weight excluding hydrogens is 432 g/mol. The molecule has 0 aromatic heterocycles. The van der Waals surface area contributed by atoms with Crippen LogP contribution in [0.4, 0.5) is 11.4 Å². The summed E-state index contributed by atoms with van der Waals surface area (Å²) in [7, 11) is 3.05. The third kappa shape index (κ3) is 5.92. The molecule has 0 atom stereocenters. The topological polar surface area (TPSA) is 85.9 Å². The van der Waals surface area contributed by atoms with Gasteiger partial charge in [0.25, 0.3) is 11.8 Å². The molecule has 8 heteroatoms. The van der Waals surface area contributed by atoms with Gasteiger partial charge in [0.1, 0.15) is 17.2 Å². The molecule has 0 spiro atoms. The van der Waals surface area contributed by atoms with Gasteiger partial charge in [-0.25, -0.2) is 0 Å². The summed E-state index contributed by atoms with van der Waals surface area (Å²) in [5.41, 5.74) is 2.48. The van der Waals surface area contributed by atoms with Crippen LogP contribution < -0.4 is 24.8 Å². The maximum atomic E-state index is 12.5. The van der Waals surface area contributed by atoms with E-state index in [2.05, 4.69) is 10.6 Å². The highest BCUT2D eigenvalue weighted by Crippen LogP contribution is 2.29. The molecule has 2 amide bonds. The van der Waals surface area contributed by atoms with Gasteiger partial charge in [-0.15, -0.1) is 0 Å². The Labute approximate surface area is 191 Å². The zero-order valence-corrected chi connectivity index (χ0v) is 18.7. The molecule has 0 aliphatic carbocycles. The fourth-order valence-corrected chi connectivity index (χ4v) is 3.14. The van der Waals surface area contributed by atoms with E-state index < -0.39 is 0 Å². The molecule has 2 N–H and O–H groups in total. The molecule has 3 aromatic carbocycles. The zero-order chi connectivity index (χ0) is 23.1. The summed E-state index contributed by atoms with van der Waals surface area (Å²) in [6, 6.07) is 16.8. The van der Waals surface area contributed by atoms with Crippen LogP contribution in [-0.4, -0.2) is 32.6 Å². The van der Waals surface area contributed by atoms with Crippen LogP contribution in [-0.2, 0) is 4.79 Å². The normalized spacial score (nSPS) is 10.2. The number of anilines is 2. The average molecular weight is 455 g/mol. The summed E-state index contributed by atoms with van der Waals surface area (Å²) >= 11 is 5.95. The van der Waals surface area contributed by atoms with E-state index in [1.165, 1.54) is 14.2 Å². The number of carbonyl (C=O) groups excluding carboxylic acids is 2. The number of amides is 2. The predicted octanol–water partition coefficient (Wildman–Crippen LogP) is 4.94. The minimum Gasteiger partial charge on any atom is -0.497 e. The van der Waals surface area contributed by atoms with Crippen molar-refractivity contribution < 1.29 is 23.8 Å². The molecule has 7 nitrogen and oxygen atoms in total. The highest BCUT2D eigenvalue weighted by Gasteiger charge is 2.11. The van der Waals surface area contributed by atoms with Gasteiger partial charge in [-0.2, -0.15) is 0 Å². The highest BCUT2D eigenvalue weighted by molar-refractivity contribution is 6.30.